The Hall–Kier alpha value is -3.41. The van der Waals surface area contributed by atoms with Crippen LogP contribution in [-0.2, 0) is 24.0 Å². The number of carbonyl (C=O) groups excluding carboxylic acids is 2. The van der Waals surface area contributed by atoms with Gasteiger partial charge in [0.1, 0.15) is 0 Å². The number of aromatic nitrogens is 2. The zero-order chi connectivity index (χ0) is 23.4. The number of nitrogens with zero attached hydrogens (tertiary/aromatic N) is 2. The Kier molecular flexibility index (Phi) is 6.92. The maximum absolute atomic E-state index is 12.8. The molecule has 2 aromatic carbocycles. The predicted octanol–water partition coefficient (Wildman–Crippen LogP) is 4.53. The van der Waals surface area contributed by atoms with Crippen LogP contribution in [0.15, 0.2) is 54.6 Å². The zero-order valence-corrected chi connectivity index (χ0v) is 19.5. The summed E-state index contributed by atoms with van der Waals surface area (Å²) in [6.07, 6.45) is 3.51. The van der Waals surface area contributed by atoms with Crippen LogP contribution in [-0.4, -0.2) is 34.3 Å². The highest BCUT2D eigenvalue weighted by molar-refractivity contribution is 5.94. The molecule has 0 aliphatic heterocycles. The van der Waals surface area contributed by atoms with Crippen molar-refractivity contribution in [3.05, 3.63) is 82.7 Å². The van der Waals surface area contributed by atoms with Crippen LogP contribution < -0.4 is 5.32 Å². The summed E-state index contributed by atoms with van der Waals surface area (Å²) in [4.78, 5) is 25.0. The van der Waals surface area contributed by atoms with E-state index in [1.54, 1.807) is 17.7 Å². The third kappa shape index (κ3) is 5.33. The molecule has 4 rings (SSSR count). The van der Waals surface area contributed by atoms with Gasteiger partial charge < -0.3 is 10.1 Å². The molecular weight excluding hydrogens is 414 g/mol. The first-order chi connectivity index (χ1) is 15.9. The van der Waals surface area contributed by atoms with Crippen LogP contribution in [0.1, 0.15) is 64.9 Å². The van der Waals surface area contributed by atoms with Crippen molar-refractivity contribution in [1.82, 2.24) is 15.1 Å². The van der Waals surface area contributed by atoms with E-state index in [4.69, 9.17) is 4.74 Å². The molecule has 0 saturated heterocycles. The largest absolute Gasteiger partial charge is 0.461 e. The summed E-state index contributed by atoms with van der Waals surface area (Å²) in [5, 5.41) is 7.66. The Morgan fingerprint density at radius 1 is 1.09 bits per heavy atom. The minimum Gasteiger partial charge on any atom is -0.461 e. The normalized spacial score (nSPS) is 13.2. The second-order valence-electron chi connectivity index (χ2n) is 8.98. The fourth-order valence-corrected chi connectivity index (χ4v) is 4.25. The van der Waals surface area contributed by atoms with E-state index in [0.29, 0.717) is 23.8 Å². The van der Waals surface area contributed by atoms with E-state index in [1.807, 2.05) is 36.4 Å². The van der Waals surface area contributed by atoms with Crippen molar-refractivity contribution in [2.45, 2.75) is 52.5 Å². The lowest BCUT2D eigenvalue weighted by atomic mass is 10.1. The number of esters is 1. The fraction of sp³-hybridized carbons (Fsp3) is 0.370. The highest BCUT2D eigenvalue weighted by atomic mass is 16.5. The van der Waals surface area contributed by atoms with Gasteiger partial charge in [-0.1, -0.05) is 38.1 Å². The Labute approximate surface area is 195 Å². The van der Waals surface area contributed by atoms with Crippen LogP contribution >= 0.6 is 0 Å². The minimum atomic E-state index is -0.421. The van der Waals surface area contributed by atoms with Crippen LogP contribution in [0, 0.1) is 5.92 Å². The number of rotatable bonds is 8. The molecule has 6 heteroatoms. The van der Waals surface area contributed by atoms with Gasteiger partial charge in [0.2, 0.25) is 0 Å². The summed E-state index contributed by atoms with van der Waals surface area (Å²) >= 11 is 0. The van der Waals surface area contributed by atoms with E-state index < -0.39 is 5.97 Å². The molecule has 0 bridgehead atoms. The van der Waals surface area contributed by atoms with Gasteiger partial charge in [0.15, 0.2) is 5.69 Å². The molecule has 1 amide bonds. The highest BCUT2D eigenvalue weighted by Gasteiger charge is 2.23. The first-order valence-corrected chi connectivity index (χ1v) is 11.7. The average Bonchev–Trinajstić information content (AvgIpc) is 3.41. The van der Waals surface area contributed by atoms with Crippen molar-refractivity contribution in [2.75, 3.05) is 6.61 Å². The van der Waals surface area contributed by atoms with Crippen molar-refractivity contribution in [2.24, 2.45) is 5.92 Å². The molecule has 0 saturated carbocycles. The van der Waals surface area contributed by atoms with Crippen LogP contribution in [0.5, 0.6) is 0 Å². The lowest BCUT2D eigenvalue weighted by Crippen LogP contribution is -2.35. The Bertz CT molecular complexity index is 1110. The van der Waals surface area contributed by atoms with Crippen LogP contribution in [0.2, 0.25) is 0 Å². The highest BCUT2D eigenvalue weighted by Crippen LogP contribution is 2.22. The minimum absolute atomic E-state index is 0.0768. The van der Waals surface area contributed by atoms with E-state index in [-0.39, 0.29) is 11.9 Å². The fourth-order valence-electron chi connectivity index (χ4n) is 4.25. The molecule has 0 radical (unpaired) electrons. The van der Waals surface area contributed by atoms with Crippen molar-refractivity contribution >= 4 is 11.9 Å². The third-order valence-corrected chi connectivity index (χ3v) is 6.01. The number of amides is 1. The molecule has 1 aromatic heterocycles. The van der Waals surface area contributed by atoms with Crippen LogP contribution in [0.3, 0.4) is 0 Å². The van der Waals surface area contributed by atoms with E-state index >= 15 is 0 Å². The smallest absolute Gasteiger partial charge is 0.358 e. The molecule has 6 nitrogen and oxygen atoms in total. The van der Waals surface area contributed by atoms with Gasteiger partial charge in [0, 0.05) is 17.3 Å². The van der Waals surface area contributed by atoms with Gasteiger partial charge in [-0.25, -0.2) is 9.48 Å². The van der Waals surface area contributed by atoms with E-state index in [2.05, 4.69) is 36.4 Å². The Morgan fingerprint density at radius 2 is 1.76 bits per heavy atom. The van der Waals surface area contributed by atoms with Crippen molar-refractivity contribution < 1.29 is 14.3 Å². The van der Waals surface area contributed by atoms with Gasteiger partial charge >= 0.3 is 5.97 Å². The maximum Gasteiger partial charge on any atom is 0.358 e. The summed E-state index contributed by atoms with van der Waals surface area (Å²) in [5.74, 6) is 0.0369. The molecule has 1 heterocycles. The van der Waals surface area contributed by atoms with Gasteiger partial charge in [-0.15, -0.1) is 0 Å². The number of carbonyl (C=O) groups is 2. The number of aryl methyl sites for hydroxylation is 1. The van der Waals surface area contributed by atoms with Gasteiger partial charge in [0.05, 0.1) is 12.3 Å². The van der Waals surface area contributed by atoms with Crippen molar-refractivity contribution in [3.8, 4) is 5.69 Å². The number of fused-ring (bicyclic) bond motifs is 1. The SMILES string of the molecule is CCOC(=O)c1cc(CCC(C)C)n(-c2ccc(C(=O)NC3Cc4ccccc4C3)cc2)n1. The molecule has 1 aliphatic rings. The van der Waals surface area contributed by atoms with Crippen LogP contribution in [0.4, 0.5) is 0 Å². The molecule has 3 aromatic rings. The van der Waals surface area contributed by atoms with Crippen molar-refractivity contribution in [1.29, 1.82) is 0 Å². The zero-order valence-electron chi connectivity index (χ0n) is 19.5. The monoisotopic (exact) mass is 445 g/mol. The molecule has 1 N–H and O–H groups in total. The molecular formula is C27H31N3O3. The molecule has 0 fully saturated rings. The third-order valence-electron chi connectivity index (χ3n) is 6.01. The van der Waals surface area contributed by atoms with E-state index in [9.17, 15) is 9.59 Å². The first-order valence-electron chi connectivity index (χ1n) is 11.7. The summed E-state index contributed by atoms with van der Waals surface area (Å²) in [6, 6.07) is 17.6. The summed E-state index contributed by atoms with van der Waals surface area (Å²) < 4.78 is 6.91. The maximum atomic E-state index is 12.8. The van der Waals surface area contributed by atoms with E-state index in [1.165, 1.54) is 11.1 Å². The van der Waals surface area contributed by atoms with E-state index in [0.717, 1.165) is 37.1 Å². The number of hydrogen-bond donors (Lipinski definition) is 1. The van der Waals surface area contributed by atoms with Gasteiger partial charge in [0.25, 0.3) is 5.91 Å². The topological polar surface area (TPSA) is 73.2 Å². The Morgan fingerprint density at radius 3 is 2.36 bits per heavy atom. The van der Waals surface area contributed by atoms with Crippen LogP contribution in [0.25, 0.3) is 5.69 Å². The first kappa shape index (κ1) is 22.8. The number of benzene rings is 2. The molecule has 0 unspecified atom stereocenters. The summed E-state index contributed by atoms with van der Waals surface area (Å²) in [6.45, 7) is 6.43. The quantitative estimate of drug-likeness (QED) is 0.517. The Balaban J connectivity index is 1.49. The lowest BCUT2D eigenvalue weighted by Gasteiger charge is -2.13. The van der Waals surface area contributed by atoms with Gasteiger partial charge in [-0.05, 0) is 80.0 Å². The number of hydrogen-bond acceptors (Lipinski definition) is 4. The molecule has 33 heavy (non-hydrogen) atoms. The second-order valence-corrected chi connectivity index (χ2v) is 8.98. The second kappa shape index (κ2) is 10.0. The summed E-state index contributed by atoms with van der Waals surface area (Å²) in [5.41, 5.74) is 5.29. The summed E-state index contributed by atoms with van der Waals surface area (Å²) in [7, 11) is 0. The molecule has 0 atom stereocenters. The standard InChI is InChI=1S/C27H31N3O3/c1-4-33-27(32)25-17-24(12-9-18(2)3)30(29-25)23-13-10-19(11-14-23)26(31)28-22-15-20-7-5-6-8-21(20)16-22/h5-8,10-11,13-14,17-18,22H,4,9,12,15-16H2,1-3H3,(H,28,31). The molecule has 172 valence electrons. The van der Waals surface area contributed by atoms with Gasteiger partial charge in [-0.2, -0.15) is 5.10 Å². The van der Waals surface area contributed by atoms with Crippen molar-refractivity contribution in [3.63, 3.8) is 0 Å². The number of nitrogens with one attached hydrogen (secondary N) is 1. The predicted molar refractivity (Wildman–Crippen MR) is 128 cm³/mol. The lowest BCUT2D eigenvalue weighted by molar-refractivity contribution is 0.0518. The number of ether oxygens (including phenoxy) is 1. The molecule has 0 spiro atoms. The average molecular weight is 446 g/mol. The molecule has 1 aliphatic carbocycles. The van der Waals surface area contributed by atoms with Gasteiger partial charge in [-0.3, -0.25) is 4.79 Å².